The van der Waals surface area contributed by atoms with E-state index in [1.54, 1.807) is 6.26 Å². The van der Waals surface area contributed by atoms with Crippen molar-refractivity contribution in [3.63, 3.8) is 0 Å². The number of esters is 1. The first-order valence-corrected chi connectivity index (χ1v) is 13.6. The van der Waals surface area contributed by atoms with E-state index in [1.807, 2.05) is 0 Å². The fourth-order valence-corrected chi connectivity index (χ4v) is 4.06. The summed E-state index contributed by atoms with van der Waals surface area (Å²) in [7, 11) is -1.47. The van der Waals surface area contributed by atoms with E-state index in [-0.39, 0.29) is 12.1 Å². The number of ether oxygens (including phenoxy) is 1. The Kier molecular flexibility index (Phi) is 10.2. The predicted octanol–water partition coefficient (Wildman–Crippen LogP) is 6.35. The molecule has 1 aromatic rings. The Morgan fingerprint density at radius 2 is 1.60 bits per heavy atom. The topological polar surface area (TPSA) is 39.4 Å². The molecule has 144 valence electrons. The maximum atomic E-state index is 11.4. The number of carbonyl (C=O) groups is 1. The lowest BCUT2D eigenvalue weighted by Gasteiger charge is -2.15. The molecule has 0 saturated heterocycles. The third kappa shape index (κ3) is 9.29. The average molecular weight is 367 g/mol. The molecule has 1 atom stereocenters. The highest BCUT2D eigenvalue weighted by molar-refractivity contribution is 6.87. The van der Waals surface area contributed by atoms with Gasteiger partial charge >= 0.3 is 5.97 Å². The van der Waals surface area contributed by atoms with Gasteiger partial charge in [-0.1, -0.05) is 77.9 Å². The molecule has 1 rings (SSSR count). The van der Waals surface area contributed by atoms with Gasteiger partial charge in [-0.25, -0.2) is 0 Å². The first-order valence-electron chi connectivity index (χ1n) is 10.1. The Morgan fingerprint density at radius 3 is 2.08 bits per heavy atom. The second kappa shape index (κ2) is 11.6. The van der Waals surface area contributed by atoms with Crippen molar-refractivity contribution < 1.29 is 13.9 Å². The second-order valence-corrected chi connectivity index (χ2v) is 13.2. The first kappa shape index (κ1) is 22.0. The highest BCUT2D eigenvalue weighted by Gasteiger charge is 2.24. The van der Waals surface area contributed by atoms with Gasteiger partial charge in [-0.2, -0.15) is 0 Å². The molecule has 3 nitrogen and oxygen atoms in total. The van der Waals surface area contributed by atoms with E-state index in [0.29, 0.717) is 0 Å². The molecule has 0 aromatic carbocycles. The molecule has 25 heavy (non-hydrogen) atoms. The number of hydrogen-bond donors (Lipinski definition) is 0. The zero-order valence-corrected chi connectivity index (χ0v) is 18.0. The van der Waals surface area contributed by atoms with E-state index < -0.39 is 8.07 Å². The van der Waals surface area contributed by atoms with Crippen LogP contribution in [0.5, 0.6) is 0 Å². The molecule has 0 amide bonds. The lowest BCUT2D eigenvalue weighted by atomic mass is 10.0. The van der Waals surface area contributed by atoms with Crippen LogP contribution in [0.25, 0.3) is 0 Å². The summed E-state index contributed by atoms with van der Waals surface area (Å²) in [4.78, 5) is 11.4. The molecule has 1 unspecified atom stereocenters. The number of rotatable bonds is 13. The van der Waals surface area contributed by atoms with Crippen molar-refractivity contribution in [2.75, 3.05) is 0 Å². The zero-order chi connectivity index (χ0) is 18.7. The van der Waals surface area contributed by atoms with Crippen LogP contribution in [0.1, 0.15) is 89.7 Å². The van der Waals surface area contributed by atoms with Gasteiger partial charge in [0.15, 0.2) is 0 Å². The Hall–Kier alpha value is -1.03. The number of hydrogen-bond acceptors (Lipinski definition) is 3. The van der Waals surface area contributed by atoms with Crippen LogP contribution in [0.15, 0.2) is 16.7 Å². The largest absolute Gasteiger partial charge is 0.474 e. The standard InChI is InChI=1S/C21H38O3Si/c1-6-7-8-9-10-11-12-13-14-15-20(24-18(2)22)19-16-21(23-17-19)25(3,4)5/h16-17,20H,6-15H2,1-5H3. The molecule has 0 aliphatic carbocycles. The minimum atomic E-state index is -1.47. The molecule has 0 aliphatic rings. The van der Waals surface area contributed by atoms with Crippen molar-refractivity contribution in [1.82, 2.24) is 0 Å². The monoisotopic (exact) mass is 366 g/mol. The smallest absolute Gasteiger partial charge is 0.303 e. The van der Waals surface area contributed by atoms with Crippen LogP contribution in [0.3, 0.4) is 0 Å². The van der Waals surface area contributed by atoms with Gasteiger partial charge in [0.05, 0.1) is 11.6 Å². The lowest BCUT2D eigenvalue weighted by molar-refractivity contribution is -0.147. The fourth-order valence-electron chi connectivity index (χ4n) is 3.05. The molecule has 1 aromatic heterocycles. The molecular formula is C21H38O3Si. The Labute approximate surface area is 155 Å². The van der Waals surface area contributed by atoms with E-state index >= 15 is 0 Å². The van der Waals surface area contributed by atoms with Crippen molar-refractivity contribution in [1.29, 1.82) is 0 Å². The van der Waals surface area contributed by atoms with Gasteiger partial charge in [-0.3, -0.25) is 4.79 Å². The Morgan fingerprint density at radius 1 is 1.04 bits per heavy atom. The van der Waals surface area contributed by atoms with Gasteiger partial charge in [-0.05, 0) is 18.9 Å². The molecule has 0 radical (unpaired) electrons. The van der Waals surface area contributed by atoms with Crippen LogP contribution in [0, 0.1) is 0 Å². The summed E-state index contributed by atoms with van der Waals surface area (Å²) < 4.78 is 11.3. The van der Waals surface area contributed by atoms with E-state index in [9.17, 15) is 4.79 Å². The molecule has 0 fully saturated rings. The average Bonchev–Trinajstić information content (AvgIpc) is 3.02. The van der Waals surface area contributed by atoms with Gasteiger partial charge in [0.2, 0.25) is 0 Å². The quantitative estimate of drug-likeness (QED) is 0.232. The molecule has 1 heterocycles. The fraction of sp³-hybridized carbons (Fsp3) is 0.762. The number of carbonyl (C=O) groups excluding carboxylic acids is 1. The summed E-state index contributed by atoms with van der Waals surface area (Å²) in [6, 6.07) is 2.10. The van der Waals surface area contributed by atoms with Crippen LogP contribution in [-0.4, -0.2) is 14.0 Å². The second-order valence-electron chi connectivity index (χ2n) is 8.21. The van der Waals surface area contributed by atoms with Gasteiger partial charge in [0.25, 0.3) is 0 Å². The summed E-state index contributed by atoms with van der Waals surface area (Å²) in [6.45, 7) is 10.5. The van der Waals surface area contributed by atoms with Gasteiger partial charge < -0.3 is 9.15 Å². The van der Waals surface area contributed by atoms with Gasteiger partial charge in [0, 0.05) is 12.5 Å². The summed E-state index contributed by atoms with van der Waals surface area (Å²) in [5.41, 5.74) is 1.02. The van der Waals surface area contributed by atoms with Crippen LogP contribution >= 0.6 is 0 Å². The van der Waals surface area contributed by atoms with Crippen LogP contribution < -0.4 is 5.38 Å². The predicted molar refractivity (Wildman–Crippen MR) is 108 cm³/mol. The van der Waals surface area contributed by atoms with Crippen molar-refractivity contribution in [2.45, 2.75) is 104 Å². The molecule has 0 saturated carbocycles. The minimum absolute atomic E-state index is 0.157. The van der Waals surface area contributed by atoms with Gasteiger partial charge in [0.1, 0.15) is 14.2 Å². The minimum Gasteiger partial charge on any atom is -0.474 e. The number of unbranched alkanes of at least 4 members (excludes halogenated alkanes) is 8. The maximum absolute atomic E-state index is 11.4. The Bertz CT molecular complexity index is 488. The van der Waals surface area contributed by atoms with Crippen molar-refractivity contribution in [2.24, 2.45) is 0 Å². The first-order chi connectivity index (χ1) is 11.8. The SMILES string of the molecule is CCCCCCCCCCCC(OC(C)=O)c1coc([Si](C)(C)C)c1. The molecule has 0 bridgehead atoms. The Balaban J connectivity index is 2.36. The van der Waals surface area contributed by atoms with E-state index in [4.69, 9.17) is 9.15 Å². The summed E-state index contributed by atoms with van der Waals surface area (Å²) in [5, 5.41) is 1.08. The van der Waals surface area contributed by atoms with Crippen LogP contribution in [0.4, 0.5) is 0 Å². The van der Waals surface area contributed by atoms with Crippen LogP contribution in [-0.2, 0) is 9.53 Å². The normalized spacial score (nSPS) is 13.0. The summed E-state index contributed by atoms with van der Waals surface area (Å²) in [5.74, 6) is -0.211. The van der Waals surface area contributed by atoms with E-state index in [2.05, 4.69) is 32.6 Å². The molecule has 0 spiro atoms. The maximum Gasteiger partial charge on any atom is 0.303 e. The van der Waals surface area contributed by atoms with Crippen molar-refractivity contribution >= 4 is 19.4 Å². The van der Waals surface area contributed by atoms with E-state index in [1.165, 1.54) is 58.3 Å². The summed E-state index contributed by atoms with van der Waals surface area (Å²) >= 11 is 0. The molecule has 0 N–H and O–H groups in total. The van der Waals surface area contributed by atoms with Gasteiger partial charge in [-0.15, -0.1) is 0 Å². The lowest BCUT2D eigenvalue weighted by Crippen LogP contribution is -2.36. The zero-order valence-electron chi connectivity index (χ0n) is 17.0. The highest BCUT2D eigenvalue weighted by atomic mass is 28.3. The molecule has 4 heteroatoms. The third-order valence-electron chi connectivity index (χ3n) is 4.61. The molecular weight excluding hydrogens is 328 g/mol. The van der Waals surface area contributed by atoms with Crippen molar-refractivity contribution in [3.05, 3.63) is 17.9 Å². The molecule has 0 aliphatic heterocycles. The van der Waals surface area contributed by atoms with Crippen molar-refractivity contribution in [3.8, 4) is 0 Å². The van der Waals surface area contributed by atoms with E-state index in [0.717, 1.165) is 23.8 Å². The third-order valence-corrected chi connectivity index (χ3v) is 6.35. The highest BCUT2D eigenvalue weighted by Crippen LogP contribution is 2.25. The summed E-state index contributed by atoms with van der Waals surface area (Å²) in [6.07, 6.45) is 14.2. The number of furan rings is 1. The van der Waals surface area contributed by atoms with Crippen LogP contribution in [0.2, 0.25) is 19.6 Å².